The van der Waals surface area contributed by atoms with Gasteiger partial charge in [-0.3, -0.25) is 0 Å². The lowest BCUT2D eigenvalue weighted by Crippen LogP contribution is -2.17. The van der Waals surface area contributed by atoms with Gasteiger partial charge in [-0.2, -0.15) is 0 Å². The van der Waals surface area contributed by atoms with E-state index in [4.69, 9.17) is 4.74 Å². The van der Waals surface area contributed by atoms with Gasteiger partial charge in [0.05, 0.1) is 18.4 Å². The van der Waals surface area contributed by atoms with Gasteiger partial charge in [-0.25, -0.2) is 14.8 Å². The summed E-state index contributed by atoms with van der Waals surface area (Å²) in [5.41, 5.74) is 2.42. The largest absolute Gasteiger partial charge is 0.465 e. The molecule has 0 saturated carbocycles. The second-order valence-corrected chi connectivity index (χ2v) is 4.35. The van der Waals surface area contributed by atoms with Gasteiger partial charge in [0.25, 0.3) is 0 Å². The van der Waals surface area contributed by atoms with Crippen molar-refractivity contribution in [3.63, 3.8) is 0 Å². The van der Waals surface area contributed by atoms with Gasteiger partial charge in [-0.15, -0.1) is 0 Å². The minimum absolute atomic E-state index is 0.319. The van der Waals surface area contributed by atoms with Gasteiger partial charge in [-0.1, -0.05) is 18.2 Å². The predicted octanol–water partition coefficient (Wildman–Crippen LogP) is 1.86. The summed E-state index contributed by atoms with van der Waals surface area (Å²) in [6.45, 7) is 3.06. The number of benzene rings is 1. The zero-order valence-corrected chi connectivity index (χ0v) is 11.6. The molecule has 0 amide bonds. The number of esters is 1. The van der Waals surface area contributed by atoms with Crippen molar-refractivity contribution in [3.8, 4) is 0 Å². The molecule has 0 bridgehead atoms. The first-order chi connectivity index (χ1) is 9.70. The Balaban J connectivity index is 1.99. The topological polar surface area (TPSA) is 64.1 Å². The second kappa shape index (κ2) is 6.77. The first-order valence-electron chi connectivity index (χ1n) is 6.36. The number of nitrogens with zero attached hydrogens (tertiary/aromatic N) is 2. The van der Waals surface area contributed by atoms with Crippen molar-refractivity contribution in [2.75, 3.05) is 7.11 Å². The Morgan fingerprint density at radius 2 is 2.05 bits per heavy atom. The molecular formula is C15H17N3O2. The minimum Gasteiger partial charge on any atom is -0.465 e. The molecular weight excluding hydrogens is 254 g/mol. The fourth-order valence-electron chi connectivity index (χ4n) is 1.91. The monoisotopic (exact) mass is 271 g/mol. The van der Waals surface area contributed by atoms with Crippen LogP contribution in [0, 0.1) is 6.92 Å². The van der Waals surface area contributed by atoms with E-state index in [1.807, 2.05) is 31.2 Å². The molecule has 1 heterocycles. The van der Waals surface area contributed by atoms with Gasteiger partial charge in [-0.05, 0) is 24.6 Å². The summed E-state index contributed by atoms with van der Waals surface area (Å²) in [5.74, 6) is 0.430. The molecule has 2 aromatic rings. The maximum absolute atomic E-state index is 11.6. The maximum atomic E-state index is 11.6. The molecule has 2 rings (SSSR count). The lowest BCUT2D eigenvalue weighted by atomic mass is 10.1. The number of aromatic nitrogens is 2. The fraction of sp³-hybridized carbons (Fsp3) is 0.267. The van der Waals surface area contributed by atoms with Crippen molar-refractivity contribution in [3.05, 3.63) is 59.2 Å². The highest BCUT2D eigenvalue weighted by Gasteiger charge is 2.10. The highest BCUT2D eigenvalue weighted by molar-refractivity contribution is 5.90. The Morgan fingerprint density at radius 3 is 2.80 bits per heavy atom. The first-order valence-corrected chi connectivity index (χ1v) is 6.36. The normalized spacial score (nSPS) is 10.3. The molecule has 104 valence electrons. The third-order valence-electron chi connectivity index (χ3n) is 2.88. The van der Waals surface area contributed by atoms with E-state index in [-0.39, 0.29) is 5.97 Å². The first kappa shape index (κ1) is 14.1. The van der Waals surface area contributed by atoms with Crippen LogP contribution < -0.4 is 5.32 Å². The van der Waals surface area contributed by atoms with Crippen LogP contribution in [-0.4, -0.2) is 23.0 Å². The van der Waals surface area contributed by atoms with Crippen LogP contribution in [0.5, 0.6) is 0 Å². The average Bonchev–Trinajstić information content (AvgIpc) is 2.47. The summed E-state index contributed by atoms with van der Waals surface area (Å²) in [4.78, 5) is 20.0. The Labute approximate surface area is 118 Å². The van der Waals surface area contributed by atoms with Crippen LogP contribution in [0.25, 0.3) is 0 Å². The summed E-state index contributed by atoms with van der Waals surface area (Å²) in [6.07, 6.45) is 1.74. The lowest BCUT2D eigenvalue weighted by Gasteiger charge is -2.09. The van der Waals surface area contributed by atoms with Crippen molar-refractivity contribution < 1.29 is 9.53 Å². The molecule has 0 unspecified atom stereocenters. The van der Waals surface area contributed by atoms with E-state index in [1.165, 1.54) is 7.11 Å². The molecule has 0 aliphatic heterocycles. The molecule has 20 heavy (non-hydrogen) atoms. The number of carbonyl (C=O) groups is 1. The lowest BCUT2D eigenvalue weighted by molar-refractivity contribution is 0.0599. The SMILES string of the molecule is COC(=O)c1ccccc1CNCc1ccnc(C)n1. The highest BCUT2D eigenvalue weighted by Crippen LogP contribution is 2.10. The van der Waals surface area contributed by atoms with Crippen molar-refractivity contribution >= 4 is 5.97 Å². The van der Waals surface area contributed by atoms with E-state index in [1.54, 1.807) is 12.3 Å². The molecule has 0 saturated heterocycles. The van der Waals surface area contributed by atoms with Crippen LogP contribution >= 0.6 is 0 Å². The Bertz CT molecular complexity index is 599. The number of ether oxygens (including phenoxy) is 1. The summed E-state index contributed by atoms with van der Waals surface area (Å²) in [5, 5.41) is 3.27. The molecule has 0 spiro atoms. The van der Waals surface area contributed by atoms with Gasteiger partial charge >= 0.3 is 5.97 Å². The Morgan fingerprint density at radius 1 is 1.25 bits per heavy atom. The summed E-state index contributed by atoms with van der Waals surface area (Å²) in [7, 11) is 1.39. The molecule has 0 aliphatic rings. The second-order valence-electron chi connectivity index (χ2n) is 4.35. The maximum Gasteiger partial charge on any atom is 0.338 e. The van der Waals surface area contributed by atoms with E-state index < -0.39 is 0 Å². The molecule has 1 aromatic carbocycles. The zero-order chi connectivity index (χ0) is 14.4. The molecule has 0 radical (unpaired) electrons. The van der Waals surface area contributed by atoms with E-state index >= 15 is 0 Å². The van der Waals surface area contributed by atoms with Crippen molar-refractivity contribution in [2.24, 2.45) is 0 Å². The quantitative estimate of drug-likeness (QED) is 0.841. The van der Waals surface area contributed by atoms with Crippen molar-refractivity contribution in [2.45, 2.75) is 20.0 Å². The standard InChI is InChI=1S/C15H17N3O2/c1-11-17-8-7-13(18-11)10-16-9-12-5-3-4-6-14(12)15(19)20-2/h3-8,16H,9-10H2,1-2H3. The van der Waals surface area contributed by atoms with E-state index in [0.29, 0.717) is 18.7 Å². The van der Waals surface area contributed by atoms with Crippen molar-refractivity contribution in [1.82, 2.24) is 15.3 Å². The van der Waals surface area contributed by atoms with E-state index in [9.17, 15) is 4.79 Å². The average molecular weight is 271 g/mol. The Hall–Kier alpha value is -2.27. The molecule has 0 fully saturated rings. The summed E-state index contributed by atoms with van der Waals surface area (Å²) in [6, 6.07) is 9.26. The van der Waals surface area contributed by atoms with Crippen molar-refractivity contribution in [1.29, 1.82) is 0 Å². The van der Waals surface area contributed by atoms with E-state index in [2.05, 4.69) is 15.3 Å². The van der Waals surface area contributed by atoms with Crippen LogP contribution in [0.2, 0.25) is 0 Å². The number of nitrogens with one attached hydrogen (secondary N) is 1. The van der Waals surface area contributed by atoms with Gasteiger partial charge in [0.1, 0.15) is 5.82 Å². The fourth-order valence-corrected chi connectivity index (χ4v) is 1.91. The number of methoxy groups -OCH3 is 1. The molecule has 5 heteroatoms. The summed E-state index contributed by atoms with van der Waals surface area (Å²) < 4.78 is 4.77. The molecule has 1 N–H and O–H groups in total. The zero-order valence-electron chi connectivity index (χ0n) is 11.6. The third-order valence-corrected chi connectivity index (χ3v) is 2.88. The van der Waals surface area contributed by atoms with Crippen LogP contribution in [0.1, 0.15) is 27.4 Å². The number of carbonyl (C=O) groups excluding carboxylic acids is 1. The van der Waals surface area contributed by atoms with Crippen LogP contribution in [0.15, 0.2) is 36.5 Å². The van der Waals surface area contributed by atoms with Gasteiger partial charge in [0, 0.05) is 19.3 Å². The smallest absolute Gasteiger partial charge is 0.338 e. The number of rotatable bonds is 5. The van der Waals surface area contributed by atoms with Gasteiger partial charge < -0.3 is 10.1 Å². The summed E-state index contributed by atoms with van der Waals surface area (Å²) >= 11 is 0. The minimum atomic E-state index is -0.319. The number of hydrogen-bond donors (Lipinski definition) is 1. The Kier molecular flexibility index (Phi) is 4.79. The molecule has 5 nitrogen and oxygen atoms in total. The third kappa shape index (κ3) is 3.61. The van der Waals surface area contributed by atoms with Crippen LogP contribution in [0.4, 0.5) is 0 Å². The molecule has 0 atom stereocenters. The van der Waals surface area contributed by atoms with Crippen LogP contribution in [0.3, 0.4) is 0 Å². The van der Waals surface area contributed by atoms with E-state index in [0.717, 1.165) is 17.1 Å². The number of hydrogen-bond acceptors (Lipinski definition) is 5. The van der Waals surface area contributed by atoms with Crippen LogP contribution in [-0.2, 0) is 17.8 Å². The number of aryl methyl sites for hydroxylation is 1. The molecule has 0 aliphatic carbocycles. The highest BCUT2D eigenvalue weighted by atomic mass is 16.5. The predicted molar refractivity (Wildman–Crippen MR) is 75.1 cm³/mol. The van der Waals surface area contributed by atoms with Gasteiger partial charge in [0.2, 0.25) is 0 Å². The molecule has 1 aromatic heterocycles. The van der Waals surface area contributed by atoms with Gasteiger partial charge in [0.15, 0.2) is 0 Å².